The molecule has 0 radical (unpaired) electrons. The average molecular weight is 320 g/mol. The largest absolute Gasteiger partial charge is 0.496 e. The van der Waals surface area contributed by atoms with E-state index in [1.54, 1.807) is 7.11 Å². The number of methoxy groups -OCH3 is 1. The second-order valence-corrected chi connectivity index (χ2v) is 5.57. The van der Waals surface area contributed by atoms with Crippen LogP contribution in [0.15, 0.2) is 40.9 Å². The molecule has 0 aliphatic rings. The van der Waals surface area contributed by atoms with Gasteiger partial charge in [-0.25, -0.2) is 0 Å². The number of ether oxygens (including phenoxy) is 1. The van der Waals surface area contributed by atoms with Crippen molar-refractivity contribution in [1.82, 2.24) is 0 Å². The van der Waals surface area contributed by atoms with E-state index in [0.29, 0.717) is 0 Å². The van der Waals surface area contributed by atoms with Crippen LogP contribution in [-0.4, -0.2) is 7.11 Å². The van der Waals surface area contributed by atoms with Crippen molar-refractivity contribution in [1.29, 1.82) is 0 Å². The van der Waals surface area contributed by atoms with Crippen LogP contribution < -0.4 is 10.5 Å². The zero-order chi connectivity index (χ0) is 14.0. The Morgan fingerprint density at radius 2 is 1.63 bits per heavy atom. The van der Waals surface area contributed by atoms with Crippen molar-refractivity contribution in [3.63, 3.8) is 0 Å². The fraction of sp³-hybridized carbons (Fsp3) is 0.250. The molecule has 0 aromatic heterocycles. The molecule has 2 aromatic carbocycles. The molecule has 1 unspecified atom stereocenters. The van der Waals surface area contributed by atoms with E-state index < -0.39 is 0 Å². The Hall–Kier alpha value is -1.32. The summed E-state index contributed by atoms with van der Waals surface area (Å²) in [4.78, 5) is 0. The summed E-state index contributed by atoms with van der Waals surface area (Å²) in [6.07, 6.45) is 0. The third-order valence-electron chi connectivity index (χ3n) is 3.43. The van der Waals surface area contributed by atoms with Crippen LogP contribution in [0.25, 0.3) is 0 Å². The maximum atomic E-state index is 6.33. The van der Waals surface area contributed by atoms with Gasteiger partial charge in [-0.15, -0.1) is 0 Å². The highest BCUT2D eigenvalue weighted by Crippen LogP contribution is 2.30. The minimum Gasteiger partial charge on any atom is -0.496 e. The van der Waals surface area contributed by atoms with Gasteiger partial charge in [0.05, 0.1) is 17.6 Å². The Kier molecular flexibility index (Phi) is 4.27. The monoisotopic (exact) mass is 319 g/mol. The number of nitrogens with two attached hydrogens (primary N) is 1. The molecule has 0 heterocycles. The predicted molar refractivity (Wildman–Crippen MR) is 82.6 cm³/mol. The third-order valence-corrected chi connectivity index (χ3v) is 4.04. The molecule has 0 fully saturated rings. The molecular weight excluding hydrogens is 302 g/mol. The molecule has 0 saturated carbocycles. The molecule has 2 N–H and O–H groups in total. The molecular formula is C16H18BrNO. The summed E-state index contributed by atoms with van der Waals surface area (Å²) in [5.74, 6) is 0.816. The molecule has 0 aliphatic heterocycles. The molecule has 0 spiro atoms. The topological polar surface area (TPSA) is 35.2 Å². The normalized spacial score (nSPS) is 12.3. The summed E-state index contributed by atoms with van der Waals surface area (Å²) < 4.78 is 6.16. The molecule has 2 nitrogen and oxygen atoms in total. The van der Waals surface area contributed by atoms with Crippen molar-refractivity contribution >= 4 is 15.9 Å². The minimum atomic E-state index is -0.124. The van der Waals surface area contributed by atoms with E-state index in [1.165, 1.54) is 11.1 Å². The van der Waals surface area contributed by atoms with Crippen molar-refractivity contribution in [2.75, 3.05) is 7.11 Å². The first-order valence-electron chi connectivity index (χ1n) is 6.19. The van der Waals surface area contributed by atoms with Gasteiger partial charge >= 0.3 is 0 Å². The van der Waals surface area contributed by atoms with E-state index >= 15 is 0 Å². The standard InChI is InChI=1S/C16H18BrNO/c1-10-4-5-12(8-11(10)2)16(18)13-6-7-15(19-3)14(17)9-13/h4-9,16H,18H2,1-3H3. The smallest absolute Gasteiger partial charge is 0.133 e. The highest BCUT2D eigenvalue weighted by Gasteiger charge is 2.11. The maximum Gasteiger partial charge on any atom is 0.133 e. The second kappa shape index (κ2) is 5.76. The highest BCUT2D eigenvalue weighted by molar-refractivity contribution is 9.10. The van der Waals surface area contributed by atoms with Gasteiger partial charge in [0.15, 0.2) is 0 Å². The van der Waals surface area contributed by atoms with Gasteiger partial charge in [-0.3, -0.25) is 0 Å². The molecule has 2 aromatic rings. The van der Waals surface area contributed by atoms with E-state index in [2.05, 4.69) is 48.0 Å². The van der Waals surface area contributed by atoms with Crippen molar-refractivity contribution in [3.8, 4) is 5.75 Å². The van der Waals surface area contributed by atoms with Crippen LogP contribution in [0.2, 0.25) is 0 Å². The van der Waals surface area contributed by atoms with Gasteiger partial charge in [-0.2, -0.15) is 0 Å². The van der Waals surface area contributed by atoms with E-state index in [4.69, 9.17) is 10.5 Å². The van der Waals surface area contributed by atoms with Gasteiger partial charge in [-0.05, 0) is 64.2 Å². The molecule has 1 atom stereocenters. The zero-order valence-corrected chi connectivity index (χ0v) is 13.0. The molecule has 0 amide bonds. The van der Waals surface area contributed by atoms with Crippen LogP contribution in [0.5, 0.6) is 5.75 Å². The minimum absolute atomic E-state index is 0.124. The average Bonchev–Trinajstić information content (AvgIpc) is 2.41. The lowest BCUT2D eigenvalue weighted by atomic mass is 9.96. The van der Waals surface area contributed by atoms with Gasteiger partial charge in [0.2, 0.25) is 0 Å². The number of hydrogen-bond donors (Lipinski definition) is 1. The maximum absolute atomic E-state index is 6.33. The number of benzene rings is 2. The Morgan fingerprint density at radius 1 is 1.00 bits per heavy atom. The van der Waals surface area contributed by atoms with E-state index in [1.807, 2.05) is 18.2 Å². The summed E-state index contributed by atoms with van der Waals surface area (Å²) >= 11 is 3.49. The van der Waals surface area contributed by atoms with Gasteiger partial charge < -0.3 is 10.5 Å². The predicted octanol–water partition coefficient (Wildman–Crippen LogP) is 4.12. The summed E-state index contributed by atoms with van der Waals surface area (Å²) in [6, 6.07) is 12.2. The summed E-state index contributed by atoms with van der Waals surface area (Å²) in [5, 5.41) is 0. The van der Waals surface area contributed by atoms with Crippen molar-refractivity contribution in [2.45, 2.75) is 19.9 Å². The van der Waals surface area contributed by atoms with E-state index in [9.17, 15) is 0 Å². The first-order valence-corrected chi connectivity index (χ1v) is 6.98. The van der Waals surface area contributed by atoms with Gasteiger partial charge in [0.25, 0.3) is 0 Å². The van der Waals surface area contributed by atoms with E-state index in [-0.39, 0.29) is 6.04 Å². The van der Waals surface area contributed by atoms with Crippen molar-refractivity contribution in [3.05, 3.63) is 63.1 Å². The highest BCUT2D eigenvalue weighted by atomic mass is 79.9. The SMILES string of the molecule is COc1ccc(C(N)c2ccc(C)c(C)c2)cc1Br. The summed E-state index contributed by atoms with van der Waals surface area (Å²) in [6.45, 7) is 4.21. The van der Waals surface area contributed by atoms with Gasteiger partial charge in [0, 0.05) is 0 Å². The Labute approximate surface area is 122 Å². The lowest BCUT2D eigenvalue weighted by Crippen LogP contribution is -2.12. The number of hydrogen-bond acceptors (Lipinski definition) is 2. The first kappa shape index (κ1) is 14.1. The third kappa shape index (κ3) is 2.99. The van der Waals surface area contributed by atoms with Gasteiger partial charge in [-0.1, -0.05) is 24.3 Å². The van der Waals surface area contributed by atoms with Crippen LogP contribution in [0.3, 0.4) is 0 Å². The Morgan fingerprint density at radius 3 is 2.21 bits per heavy atom. The molecule has 3 heteroatoms. The zero-order valence-electron chi connectivity index (χ0n) is 11.4. The van der Waals surface area contributed by atoms with Crippen LogP contribution in [0.4, 0.5) is 0 Å². The lowest BCUT2D eigenvalue weighted by molar-refractivity contribution is 0.412. The summed E-state index contributed by atoms with van der Waals surface area (Å²) in [7, 11) is 1.66. The summed E-state index contributed by atoms with van der Waals surface area (Å²) in [5.41, 5.74) is 11.1. The van der Waals surface area contributed by atoms with Crippen LogP contribution in [0, 0.1) is 13.8 Å². The van der Waals surface area contributed by atoms with Crippen LogP contribution >= 0.6 is 15.9 Å². The number of aryl methyl sites for hydroxylation is 2. The number of halogens is 1. The lowest BCUT2D eigenvalue weighted by Gasteiger charge is -2.15. The molecule has 0 bridgehead atoms. The molecule has 100 valence electrons. The quantitative estimate of drug-likeness (QED) is 0.923. The number of rotatable bonds is 3. The first-order chi connectivity index (χ1) is 9.02. The van der Waals surface area contributed by atoms with E-state index in [0.717, 1.165) is 21.3 Å². The molecule has 2 rings (SSSR count). The van der Waals surface area contributed by atoms with Gasteiger partial charge in [0.1, 0.15) is 5.75 Å². The fourth-order valence-electron chi connectivity index (χ4n) is 2.03. The fourth-order valence-corrected chi connectivity index (χ4v) is 2.58. The molecule has 0 saturated heterocycles. The van der Waals surface area contributed by atoms with Crippen LogP contribution in [0.1, 0.15) is 28.3 Å². The Bertz CT molecular complexity index is 595. The Balaban J connectivity index is 2.35. The molecule has 0 aliphatic carbocycles. The van der Waals surface area contributed by atoms with Crippen molar-refractivity contribution in [2.24, 2.45) is 5.73 Å². The second-order valence-electron chi connectivity index (χ2n) is 4.72. The van der Waals surface area contributed by atoms with Crippen molar-refractivity contribution < 1.29 is 4.74 Å². The molecule has 19 heavy (non-hydrogen) atoms. The van der Waals surface area contributed by atoms with Crippen LogP contribution in [-0.2, 0) is 0 Å².